The van der Waals surface area contributed by atoms with Gasteiger partial charge in [-0.2, -0.15) is 4.39 Å². The summed E-state index contributed by atoms with van der Waals surface area (Å²) in [6.45, 7) is 2.50. The molecule has 0 spiro atoms. The van der Waals surface area contributed by atoms with Gasteiger partial charge in [0.2, 0.25) is 5.82 Å². The Bertz CT molecular complexity index is 727. The zero-order chi connectivity index (χ0) is 15.8. The normalized spacial score (nSPS) is 40.1. The Morgan fingerprint density at radius 1 is 1.38 bits per heavy atom. The molecule has 8 nitrogen and oxygen atoms in total. The molecule has 4 atom stereocenters. The maximum absolute atomic E-state index is 13.4. The lowest BCUT2D eigenvalue weighted by Gasteiger charge is -2.27. The summed E-state index contributed by atoms with van der Waals surface area (Å²) in [6.07, 6.45) is -1.95. The summed E-state index contributed by atoms with van der Waals surface area (Å²) in [6, 6.07) is 0. The Morgan fingerprint density at radius 3 is 2.52 bits per heavy atom. The van der Waals surface area contributed by atoms with Crippen LogP contribution in [0, 0.1) is 11.2 Å². The van der Waals surface area contributed by atoms with Crippen LogP contribution >= 0.6 is 0 Å². The van der Waals surface area contributed by atoms with Crippen LogP contribution in [0.15, 0.2) is 15.8 Å². The standard InChI is InChI=1S/C12H15FN2O6/c1-10(2)11(19)6(4-16)21-8(12(10,11)20)15-3-5(13)7(17)14-9(15)18/h3,6,8,16,19-20H,4H2,1-2H3,(H,14,17,18)/t6-,8-,11-,12+/m1/s1. The monoisotopic (exact) mass is 302 g/mol. The van der Waals surface area contributed by atoms with Crippen molar-refractivity contribution < 1.29 is 24.4 Å². The fourth-order valence-corrected chi connectivity index (χ4v) is 3.47. The van der Waals surface area contributed by atoms with E-state index >= 15 is 0 Å². The largest absolute Gasteiger partial charge is 0.394 e. The van der Waals surface area contributed by atoms with Crippen LogP contribution in [-0.4, -0.2) is 48.8 Å². The van der Waals surface area contributed by atoms with Gasteiger partial charge in [-0.05, 0) is 0 Å². The third kappa shape index (κ3) is 1.32. The fourth-order valence-electron chi connectivity index (χ4n) is 3.47. The van der Waals surface area contributed by atoms with Crippen molar-refractivity contribution in [2.75, 3.05) is 6.61 Å². The van der Waals surface area contributed by atoms with Crippen molar-refractivity contribution >= 4 is 0 Å². The van der Waals surface area contributed by atoms with Crippen molar-refractivity contribution in [3.8, 4) is 0 Å². The van der Waals surface area contributed by atoms with E-state index in [1.54, 1.807) is 4.98 Å². The average Bonchev–Trinajstić information content (AvgIpc) is 2.65. The smallest absolute Gasteiger partial charge is 0.330 e. The number of aliphatic hydroxyl groups excluding tert-OH is 1. The van der Waals surface area contributed by atoms with Crippen LogP contribution in [0.25, 0.3) is 0 Å². The van der Waals surface area contributed by atoms with Gasteiger partial charge in [-0.15, -0.1) is 0 Å². The molecule has 0 aromatic carbocycles. The highest BCUT2D eigenvalue weighted by atomic mass is 19.1. The zero-order valence-electron chi connectivity index (χ0n) is 11.3. The molecule has 0 radical (unpaired) electrons. The van der Waals surface area contributed by atoms with E-state index in [1.165, 1.54) is 13.8 Å². The van der Waals surface area contributed by atoms with Crippen molar-refractivity contribution in [1.29, 1.82) is 0 Å². The number of aromatic nitrogens is 2. The minimum atomic E-state index is -1.89. The molecule has 9 heteroatoms. The summed E-state index contributed by atoms with van der Waals surface area (Å²) < 4.78 is 19.4. The molecule has 0 amide bonds. The first-order chi connectivity index (χ1) is 9.62. The quantitative estimate of drug-likeness (QED) is 0.504. The van der Waals surface area contributed by atoms with Gasteiger partial charge in [0, 0.05) is 5.41 Å². The lowest BCUT2D eigenvalue weighted by Crippen LogP contribution is -2.41. The number of aromatic amines is 1. The number of halogens is 1. The molecular formula is C12H15FN2O6. The second-order valence-electron chi connectivity index (χ2n) is 5.96. The van der Waals surface area contributed by atoms with Gasteiger partial charge < -0.3 is 20.1 Å². The molecule has 1 saturated heterocycles. The Balaban J connectivity index is 2.16. The van der Waals surface area contributed by atoms with Gasteiger partial charge in [-0.25, -0.2) is 4.79 Å². The van der Waals surface area contributed by atoms with Gasteiger partial charge in [-0.3, -0.25) is 14.3 Å². The predicted molar refractivity (Wildman–Crippen MR) is 66.0 cm³/mol. The van der Waals surface area contributed by atoms with Crippen LogP contribution in [0.3, 0.4) is 0 Å². The Morgan fingerprint density at radius 2 is 2.00 bits per heavy atom. The lowest BCUT2D eigenvalue weighted by molar-refractivity contribution is -0.126. The van der Waals surface area contributed by atoms with Crippen LogP contribution in [0.4, 0.5) is 4.39 Å². The van der Waals surface area contributed by atoms with E-state index in [2.05, 4.69) is 0 Å². The number of fused-ring (bicyclic) bond motifs is 1. The van der Waals surface area contributed by atoms with Crippen LogP contribution in [0.5, 0.6) is 0 Å². The number of aliphatic hydroxyl groups is 3. The van der Waals surface area contributed by atoms with Crippen molar-refractivity contribution in [1.82, 2.24) is 9.55 Å². The van der Waals surface area contributed by atoms with E-state index in [-0.39, 0.29) is 0 Å². The molecule has 1 aliphatic carbocycles. The molecular weight excluding hydrogens is 287 g/mol. The summed E-state index contributed by atoms with van der Waals surface area (Å²) in [5, 5.41) is 30.5. The highest BCUT2D eigenvalue weighted by Gasteiger charge is 2.92. The van der Waals surface area contributed by atoms with Crippen LogP contribution in [-0.2, 0) is 4.74 Å². The van der Waals surface area contributed by atoms with Gasteiger partial charge in [0.25, 0.3) is 5.56 Å². The van der Waals surface area contributed by atoms with E-state index in [1.807, 2.05) is 0 Å². The van der Waals surface area contributed by atoms with Crippen LogP contribution in [0.1, 0.15) is 20.1 Å². The van der Waals surface area contributed by atoms with E-state index in [0.29, 0.717) is 10.8 Å². The molecule has 2 aliphatic rings. The number of ether oxygens (including phenoxy) is 1. The minimum Gasteiger partial charge on any atom is -0.394 e. The third-order valence-corrected chi connectivity index (χ3v) is 4.88. The summed E-state index contributed by atoms with van der Waals surface area (Å²) in [4.78, 5) is 24.6. The predicted octanol–water partition coefficient (Wildman–Crippen LogP) is -1.93. The average molecular weight is 302 g/mol. The first-order valence-electron chi connectivity index (χ1n) is 6.35. The van der Waals surface area contributed by atoms with Gasteiger partial charge in [-0.1, -0.05) is 13.8 Å². The minimum absolute atomic E-state index is 0.584. The second-order valence-corrected chi connectivity index (χ2v) is 5.96. The lowest BCUT2D eigenvalue weighted by atomic mass is 10.0. The molecule has 1 aromatic heterocycles. The van der Waals surface area contributed by atoms with Gasteiger partial charge in [0.05, 0.1) is 12.8 Å². The maximum Gasteiger partial charge on any atom is 0.330 e. The molecule has 1 aromatic rings. The van der Waals surface area contributed by atoms with E-state index in [0.717, 1.165) is 0 Å². The molecule has 2 heterocycles. The number of H-pyrrole nitrogens is 1. The Kier molecular flexibility index (Phi) is 2.60. The molecule has 1 aliphatic heterocycles. The summed E-state index contributed by atoms with van der Waals surface area (Å²) in [5.74, 6) is -1.23. The number of nitrogens with zero attached hydrogens (tertiary/aromatic N) is 1. The number of hydrogen-bond donors (Lipinski definition) is 4. The van der Waals surface area contributed by atoms with Crippen molar-refractivity contribution in [2.24, 2.45) is 5.41 Å². The number of nitrogens with one attached hydrogen (secondary N) is 1. The topological polar surface area (TPSA) is 125 Å². The Labute approximate surface area is 117 Å². The summed E-state index contributed by atoms with van der Waals surface area (Å²) >= 11 is 0. The highest BCUT2D eigenvalue weighted by molar-refractivity contribution is 5.39. The fraction of sp³-hybridized carbons (Fsp3) is 0.667. The molecule has 1 saturated carbocycles. The van der Waals surface area contributed by atoms with Gasteiger partial charge in [0.1, 0.15) is 17.3 Å². The van der Waals surface area contributed by atoms with Gasteiger partial charge >= 0.3 is 5.69 Å². The van der Waals surface area contributed by atoms with Crippen LogP contribution < -0.4 is 11.2 Å². The molecule has 2 fully saturated rings. The van der Waals surface area contributed by atoms with E-state index in [9.17, 15) is 29.3 Å². The first kappa shape index (κ1) is 14.4. The Hall–Kier alpha value is -1.55. The second kappa shape index (κ2) is 3.80. The first-order valence-corrected chi connectivity index (χ1v) is 6.35. The molecule has 116 valence electrons. The molecule has 3 rings (SSSR count). The third-order valence-electron chi connectivity index (χ3n) is 4.88. The van der Waals surface area contributed by atoms with E-state index in [4.69, 9.17) is 4.74 Å². The maximum atomic E-state index is 13.4. The SMILES string of the molecule is CC1(C)[C@]2(O)[C@@H](CO)O[C@@H](n3cc(F)c(=O)[nH]c3=O)[C@]12O. The van der Waals surface area contributed by atoms with Crippen molar-refractivity contribution in [3.05, 3.63) is 32.9 Å². The summed E-state index contributed by atoms with van der Waals surface area (Å²) in [5.41, 5.74) is -6.91. The van der Waals surface area contributed by atoms with Crippen LogP contribution in [0.2, 0.25) is 0 Å². The summed E-state index contributed by atoms with van der Waals surface area (Å²) in [7, 11) is 0. The highest BCUT2D eigenvalue weighted by Crippen LogP contribution is 2.75. The zero-order valence-corrected chi connectivity index (χ0v) is 11.3. The van der Waals surface area contributed by atoms with Crippen molar-refractivity contribution in [3.63, 3.8) is 0 Å². The van der Waals surface area contributed by atoms with Gasteiger partial charge in [0.15, 0.2) is 6.23 Å². The molecule has 4 N–H and O–H groups in total. The molecule has 0 unspecified atom stereocenters. The van der Waals surface area contributed by atoms with E-state index < -0.39 is 52.6 Å². The number of rotatable bonds is 2. The molecule has 21 heavy (non-hydrogen) atoms. The number of hydrogen-bond acceptors (Lipinski definition) is 6. The molecule has 0 bridgehead atoms. The van der Waals surface area contributed by atoms with Crippen molar-refractivity contribution in [2.45, 2.75) is 37.4 Å².